The summed E-state index contributed by atoms with van der Waals surface area (Å²) in [7, 11) is 0. The second-order valence-electron chi connectivity index (χ2n) is 4.25. The minimum Gasteiger partial charge on any atom is -0.368 e. The number of nitrogen functional groups attached to an aromatic ring is 1. The smallest absolute Gasteiger partial charge is 0.222 e. The molecule has 16 heavy (non-hydrogen) atoms. The normalized spacial score (nSPS) is 10.8. The molecule has 1 aromatic carbocycles. The standard InChI is InChI=1S/C13H16N2O/c1-7-5-8(2)10(4)13(9(7)3)11-6-12(14)16-15-11/h5-6H,14H2,1-4H3. The molecule has 0 aliphatic rings. The van der Waals surface area contributed by atoms with Crippen LogP contribution in [0.25, 0.3) is 11.3 Å². The van der Waals surface area contributed by atoms with Gasteiger partial charge in [-0.05, 0) is 49.9 Å². The maximum atomic E-state index is 5.56. The van der Waals surface area contributed by atoms with Gasteiger partial charge in [0.05, 0.1) is 0 Å². The molecule has 1 aromatic heterocycles. The molecule has 0 bridgehead atoms. The Balaban J connectivity index is 2.73. The van der Waals surface area contributed by atoms with Gasteiger partial charge in [-0.3, -0.25) is 0 Å². The number of rotatable bonds is 1. The summed E-state index contributed by atoms with van der Waals surface area (Å²) in [4.78, 5) is 0. The Morgan fingerprint density at radius 2 is 1.56 bits per heavy atom. The highest BCUT2D eigenvalue weighted by Crippen LogP contribution is 2.31. The van der Waals surface area contributed by atoms with Crippen LogP contribution in [-0.4, -0.2) is 5.16 Å². The molecule has 0 aliphatic carbocycles. The third-order valence-corrected chi connectivity index (χ3v) is 3.15. The molecule has 0 saturated heterocycles. The third-order valence-electron chi connectivity index (χ3n) is 3.15. The van der Waals surface area contributed by atoms with Gasteiger partial charge in [-0.2, -0.15) is 0 Å². The fourth-order valence-corrected chi connectivity index (χ4v) is 2.01. The Bertz CT molecular complexity index is 515. The van der Waals surface area contributed by atoms with Crippen molar-refractivity contribution in [3.63, 3.8) is 0 Å². The molecule has 0 saturated carbocycles. The fourth-order valence-electron chi connectivity index (χ4n) is 2.01. The Morgan fingerprint density at radius 3 is 2.00 bits per heavy atom. The summed E-state index contributed by atoms with van der Waals surface area (Å²) in [5.74, 6) is 0.355. The van der Waals surface area contributed by atoms with Gasteiger partial charge in [0.1, 0.15) is 5.69 Å². The molecule has 0 spiro atoms. The van der Waals surface area contributed by atoms with E-state index in [1.54, 1.807) is 6.07 Å². The second-order valence-corrected chi connectivity index (χ2v) is 4.25. The SMILES string of the molecule is Cc1cc(C)c(C)c(-c2cc(N)on2)c1C. The van der Waals surface area contributed by atoms with E-state index in [4.69, 9.17) is 10.3 Å². The van der Waals surface area contributed by atoms with Gasteiger partial charge in [0, 0.05) is 11.6 Å². The minimum absolute atomic E-state index is 0.355. The average molecular weight is 216 g/mol. The van der Waals surface area contributed by atoms with Crippen LogP contribution in [-0.2, 0) is 0 Å². The summed E-state index contributed by atoms with van der Waals surface area (Å²) in [5, 5.41) is 3.99. The fraction of sp³-hybridized carbons (Fsp3) is 0.308. The molecule has 2 aromatic rings. The zero-order chi connectivity index (χ0) is 11.9. The van der Waals surface area contributed by atoms with Crippen molar-refractivity contribution in [1.82, 2.24) is 5.16 Å². The first-order chi connectivity index (χ1) is 7.50. The van der Waals surface area contributed by atoms with Crippen molar-refractivity contribution in [3.8, 4) is 11.3 Å². The summed E-state index contributed by atoms with van der Waals surface area (Å²) in [6.07, 6.45) is 0. The highest BCUT2D eigenvalue weighted by Gasteiger charge is 2.13. The Morgan fingerprint density at radius 1 is 1.00 bits per heavy atom. The first-order valence-corrected chi connectivity index (χ1v) is 5.30. The number of nitrogens with zero attached hydrogens (tertiary/aromatic N) is 1. The molecule has 0 aliphatic heterocycles. The van der Waals surface area contributed by atoms with E-state index in [-0.39, 0.29) is 0 Å². The predicted octanol–water partition coefficient (Wildman–Crippen LogP) is 3.16. The highest BCUT2D eigenvalue weighted by molar-refractivity contribution is 5.71. The van der Waals surface area contributed by atoms with Crippen molar-refractivity contribution in [3.05, 3.63) is 34.4 Å². The number of aryl methyl sites for hydroxylation is 2. The van der Waals surface area contributed by atoms with E-state index < -0.39 is 0 Å². The average Bonchev–Trinajstić information content (AvgIpc) is 2.62. The van der Waals surface area contributed by atoms with Crippen LogP contribution in [0.4, 0.5) is 5.88 Å². The molecule has 0 fully saturated rings. The maximum Gasteiger partial charge on any atom is 0.222 e. The molecule has 0 atom stereocenters. The third kappa shape index (κ3) is 1.58. The van der Waals surface area contributed by atoms with Gasteiger partial charge in [-0.15, -0.1) is 0 Å². The quantitative estimate of drug-likeness (QED) is 0.796. The molecule has 3 nitrogen and oxygen atoms in total. The van der Waals surface area contributed by atoms with Gasteiger partial charge in [-0.1, -0.05) is 11.2 Å². The van der Waals surface area contributed by atoms with Gasteiger partial charge < -0.3 is 10.3 Å². The van der Waals surface area contributed by atoms with Crippen molar-refractivity contribution >= 4 is 5.88 Å². The highest BCUT2D eigenvalue weighted by atomic mass is 16.5. The number of hydrogen-bond acceptors (Lipinski definition) is 3. The van der Waals surface area contributed by atoms with Crippen LogP contribution in [0.2, 0.25) is 0 Å². The lowest BCUT2D eigenvalue weighted by atomic mass is 9.92. The number of anilines is 1. The monoisotopic (exact) mass is 216 g/mol. The topological polar surface area (TPSA) is 52.0 Å². The van der Waals surface area contributed by atoms with Crippen LogP contribution in [0.5, 0.6) is 0 Å². The summed E-state index contributed by atoms with van der Waals surface area (Å²) >= 11 is 0. The van der Waals surface area contributed by atoms with Crippen molar-refractivity contribution in [2.24, 2.45) is 0 Å². The molecular formula is C13H16N2O. The molecule has 2 N–H and O–H groups in total. The van der Waals surface area contributed by atoms with E-state index >= 15 is 0 Å². The van der Waals surface area contributed by atoms with Crippen LogP contribution < -0.4 is 5.73 Å². The molecule has 84 valence electrons. The van der Waals surface area contributed by atoms with Crippen LogP contribution >= 0.6 is 0 Å². The Labute approximate surface area is 95.3 Å². The zero-order valence-electron chi connectivity index (χ0n) is 10.1. The van der Waals surface area contributed by atoms with Gasteiger partial charge in [0.2, 0.25) is 5.88 Å². The van der Waals surface area contributed by atoms with E-state index in [2.05, 4.69) is 38.9 Å². The Hall–Kier alpha value is -1.77. The molecule has 0 unspecified atom stereocenters. The molecule has 0 amide bonds. The van der Waals surface area contributed by atoms with Gasteiger partial charge in [-0.25, -0.2) is 0 Å². The largest absolute Gasteiger partial charge is 0.368 e. The van der Waals surface area contributed by atoms with Gasteiger partial charge >= 0.3 is 0 Å². The maximum absolute atomic E-state index is 5.56. The second kappa shape index (κ2) is 3.67. The van der Waals surface area contributed by atoms with Crippen LogP contribution in [0.1, 0.15) is 22.3 Å². The Kier molecular flexibility index (Phi) is 2.46. The van der Waals surface area contributed by atoms with E-state index in [1.807, 2.05) is 0 Å². The molecular weight excluding hydrogens is 200 g/mol. The number of hydrogen-bond donors (Lipinski definition) is 1. The lowest BCUT2D eigenvalue weighted by molar-refractivity contribution is 0.439. The predicted molar refractivity (Wildman–Crippen MR) is 65.3 cm³/mol. The van der Waals surface area contributed by atoms with E-state index in [1.165, 1.54) is 22.3 Å². The van der Waals surface area contributed by atoms with Crippen molar-refractivity contribution in [1.29, 1.82) is 0 Å². The molecule has 0 radical (unpaired) electrons. The lowest BCUT2D eigenvalue weighted by Gasteiger charge is -2.12. The number of aromatic nitrogens is 1. The minimum atomic E-state index is 0.355. The van der Waals surface area contributed by atoms with E-state index in [9.17, 15) is 0 Å². The molecule has 3 heteroatoms. The number of nitrogens with two attached hydrogens (primary N) is 1. The number of benzene rings is 1. The first kappa shape index (κ1) is 10.7. The van der Waals surface area contributed by atoms with Crippen molar-refractivity contribution < 1.29 is 4.52 Å². The van der Waals surface area contributed by atoms with Crippen LogP contribution in [0.3, 0.4) is 0 Å². The zero-order valence-corrected chi connectivity index (χ0v) is 10.1. The summed E-state index contributed by atoms with van der Waals surface area (Å²) in [6.45, 7) is 8.41. The first-order valence-electron chi connectivity index (χ1n) is 5.30. The van der Waals surface area contributed by atoms with Crippen molar-refractivity contribution in [2.75, 3.05) is 5.73 Å². The van der Waals surface area contributed by atoms with E-state index in [0.29, 0.717) is 5.88 Å². The summed E-state index contributed by atoms with van der Waals surface area (Å²) in [5.41, 5.74) is 12.5. The lowest BCUT2D eigenvalue weighted by Crippen LogP contribution is -1.95. The molecule has 2 rings (SSSR count). The van der Waals surface area contributed by atoms with Crippen LogP contribution in [0.15, 0.2) is 16.7 Å². The van der Waals surface area contributed by atoms with Crippen LogP contribution in [0, 0.1) is 27.7 Å². The molecule has 1 heterocycles. The van der Waals surface area contributed by atoms with E-state index in [0.717, 1.165) is 11.3 Å². The summed E-state index contributed by atoms with van der Waals surface area (Å²) < 4.78 is 4.94. The van der Waals surface area contributed by atoms with Crippen molar-refractivity contribution in [2.45, 2.75) is 27.7 Å². The van der Waals surface area contributed by atoms with Gasteiger partial charge in [0.25, 0.3) is 0 Å². The summed E-state index contributed by atoms with van der Waals surface area (Å²) in [6, 6.07) is 3.96. The van der Waals surface area contributed by atoms with Gasteiger partial charge in [0.15, 0.2) is 0 Å².